The molecule has 2 fully saturated rings. The summed E-state index contributed by atoms with van der Waals surface area (Å²) in [4.78, 5) is 2.44. The van der Waals surface area contributed by atoms with Crippen LogP contribution in [-0.4, -0.2) is 36.7 Å². The molecular formula is C10H19NO. The van der Waals surface area contributed by atoms with E-state index in [9.17, 15) is 0 Å². The van der Waals surface area contributed by atoms with Crippen molar-refractivity contribution < 1.29 is 4.74 Å². The minimum absolute atomic E-state index is 0.145. The van der Waals surface area contributed by atoms with Gasteiger partial charge in [-0.1, -0.05) is 20.8 Å². The average molecular weight is 169 g/mol. The molecule has 2 saturated heterocycles. The molecule has 0 aliphatic carbocycles. The summed E-state index contributed by atoms with van der Waals surface area (Å²) in [6.07, 6.45) is 1.23. The first-order chi connectivity index (χ1) is 5.45. The molecule has 2 heterocycles. The van der Waals surface area contributed by atoms with Gasteiger partial charge in [-0.25, -0.2) is 0 Å². The summed E-state index contributed by atoms with van der Waals surface area (Å²) < 4.78 is 5.93. The number of fused-ring (bicyclic) bond motifs is 2. The van der Waals surface area contributed by atoms with E-state index in [4.69, 9.17) is 4.74 Å². The monoisotopic (exact) mass is 169 g/mol. The Balaban J connectivity index is 2.24. The predicted octanol–water partition coefficient (Wildman–Crippen LogP) is 1.51. The summed E-state index contributed by atoms with van der Waals surface area (Å²) in [7, 11) is 2.21. The second-order valence-electron chi connectivity index (χ2n) is 5.33. The molecule has 0 radical (unpaired) electrons. The third kappa shape index (κ3) is 0.944. The normalized spacial score (nSPS) is 42.5. The molecule has 0 spiro atoms. The molecule has 0 aromatic carbocycles. The van der Waals surface area contributed by atoms with Crippen molar-refractivity contribution in [2.45, 2.75) is 38.8 Å². The third-order valence-corrected chi connectivity index (χ3v) is 3.61. The van der Waals surface area contributed by atoms with Gasteiger partial charge in [-0.15, -0.1) is 0 Å². The minimum Gasteiger partial charge on any atom is -0.371 e. The zero-order chi connectivity index (χ0) is 8.98. The van der Waals surface area contributed by atoms with Crippen molar-refractivity contribution in [1.82, 2.24) is 4.90 Å². The number of likely N-dealkylation sites (tertiary alicyclic amines) is 1. The second kappa shape index (κ2) is 2.24. The van der Waals surface area contributed by atoms with Crippen LogP contribution in [0.3, 0.4) is 0 Å². The van der Waals surface area contributed by atoms with E-state index < -0.39 is 0 Å². The first-order valence-corrected chi connectivity index (χ1v) is 4.79. The second-order valence-corrected chi connectivity index (χ2v) is 5.33. The Morgan fingerprint density at radius 2 is 2.08 bits per heavy atom. The van der Waals surface area contributed by atoms with Crippen LogP contribution < -0.4 is 0 Å². The zero-order valence-electron chi connectivity index (χ0n) is 8.55. The Morgan fingerprint density at radius 3 is 2.33 bits per heavy atom. The quantitative estimate of drug-likeness (QED) is 0.545. The van der Waals surface area contributed by atoms with Gasteiger partial charge in [0.1, 0.15) is 0 Å². The van der Waals surface area contributed by atoms with E-state index in [1.54, 1.807) is 0 Å². The van der Waals surface area contributed by atoms with Crippen LogP contribution in [0.25, 0.3) is 0 Å². The Bertz CT molecular complexity index is 193. The Hall–Kier alpha value is -0.0800. The Labute approximate surface area is 74.9 Å². The number of nitrogens with zero attached hydrogens (tertiary/aromatic N) is 1. The van der Waals surface area contributed by atoms with Gasteiger partial charge < -0.3 is 4.74 Å². The number of hydrogen-bond donors (Lipinski definition) is 0. The molecule has 70 valence electrons. The van der Waals surface area contributed by atoms with Crippen LogP contribution in [-0.2, 0) is 4.74 Å². The topological polar surface area (TPSA) is 12.5 Å². The van der Waals surface area contributed by atoms with Gasteiger partial charge in [-0.05, 0) is 18.9 Å². The lowest BCUT2D eigenvalue weighted by Crippen LogP contribution is -2.48. The summed E-state index contributed by atoms with van der Waals surface area (Å²) in [6, 6.07) is 0.684. The molecule has 0 amide bonds. The highest BCUT2D eigenvalue weighted by Gasteiger charge is 2.55. The van der Waals surface area contributed by atoms with Crippen LogP contribution >= 0.6 is 0 Å². The molecule has 0 N–H and O–H groups in total. The largest absolute Gasteiger partial charge is 0.371 e. The van der Waals surface area contributed by atoms with Crippen molar-refractivity contribution in [2.24, 2.45) is 5.41 Å². The highest BCUT2D eigenvalue weighted by Crippen LogP contribution is 2.47. The van der Waals surface area contributed by atoms with E-state index in [0.717, 1.165) is 13.2 Å². The van der Waals surface area contributed by atoms with Crippen LogP contribution in [0.4, 0.5) is 0 Å². The molecule has 2 atom stereocenters. The van der Waals surface area contributed by atoms with Crippen molar-refractivity contribution in [3.05, 3.63) is 0 Å². The SMILES string of the molecule is CN1C[C@]2(C(C)(C)C)C[C@H]1CO2. The summed E-state index contributed by atoms with van der Waals surface area (Å²) in [5.41, 5.74) is 0.429. The molecule has 2 heteroatoms. The van der Waals surface area contributed by atoms with Crippen molar-refractivity contribution in [2.75, 3.05) is 20.2 Å². The summed E-state index contributed by atoms with van der Waals surface area (Å²) >= 11 is 0. The molecule has 0 unspecified atom stereocenters. The molecule has 0 aromatic rings. The number of morpholine rings is 1. The lowest BCUT2D eigenvalue weighted by molar-refractivity contribution is -0.102. The summed E-state index contributed by atoms with van der Waals surface area (Å²) in [5, 5.41) is 0. The van der Waals surface area contributed by atoms with Gasteiger partial charge >= 0.3 is 0 Å². The van der Waals surface area contributed by atoms with Crippen LogP contribution in [0.2, 0.25) is 0 Å². The highest BCUT2D eigenvalue weighted by atomic mass is 16.5. The van der Waals surface area contributed by atoms with Gasteiger partial charge in [0.05, 0.1) is 12.2 Å². The van der Waals surface area contributed by atoms with Crippen LogP contribution in [0.5, 0.6) is 0 Å². The van der Waals surface area contributed by atoms with Gasteiger partial charge in [0.2, 0.25) is 0 Å². The standard InChI is InChI=1S/C10H19NO/c1-9(2,3)10-5-8(6-12-10)11(4)7-10/h8H,5-7H2,1-4H3/t8-,10-/m0/s1. The first-order valence-electron chi connectivity index (χ1n) is 4.79. The van der Waals surface area contributed by atoms with E-state index >= 15 is 0 Å². The Morgan fingerprint density at radius 1 is 1.42 bits per heavy atom. The molecule has 2 rings (SSSR count). The van der Waals surface area contributed by atoms with E-state index in [2.05, 4.69) is 32.7 Å². The van der Waals surface area contributed by atoms with Crippen molar-refractivity contribution in [3.63, 3.8) is 0 Å². The molecule has 0 aromatic heterocycles. The van der Waals surface area contributed by atoms with E-state index in [0.29, 0.717) is 6.04 Å². The fourth-order valence-corrected chi connectivity index (χ4v) is 2.44. The van der Waals surface area contributed by atoms with Gasteiger partial charge in [0.15, 0.2) is 0 Å². The molecule has 12 heavy (non-hydrogen) atoms. The first kappa shape index (κ1) is 8.52. The molecule has 2 aliphatic heterocycles. The molecule has 2 nitrogen and oxygen atoms in total. The van der Waals surface area contributed by atoms with Gasteiger partial charge in [0.25, 0.3) is 0 Å². The van der Waals surface area contributed by atoms with Gasteiger partial charge in [-0.2, -0.15) is 0 Å². The maximum atomic E-state index is 5.93. The predicted molar refractivity (Wildman–Crippen MR) is 49.2 cm³/mol. The number of likely N-dealkylation sites (N-methyl/N-ethyl adjacent to an activating group) is 1. The smallest absolute Gasteiger partial charge is 0.0873 e. The lowest BCUT2D eigenvalue weighted by atomic mass is 9.76. The van der Waals surface area contributed by atoms with Crippen LogP contribution in [0.1, 0.15) is 27.2 Å². The molecular weight excluding hydrogens is 150 g/mol. The van der Waals surface area contributed by atoms with Crippen molar-refractivity contribution in [3.8, 4) is 0 Å². The average Bonchev–Trinajstić information content (AvgIpc) is 2.42. The van der Waals surface area contributed by atoms with Gasteiger partial charge in [0, 0.05) is 12.6 Å². The summed E-state index contributed by atoms with van der Waals surface area (Å²) in [5.74, 6) is 0. The van der Waals surface area contributed by atoms with Crippen LogP contribution in [0, 0.1) is 5.41 Å². The number of hydrogen-bond acceptors (Lipinski definition) is 2. The van der Waals surface area contributed by atoms with E-state index in [-0.39, 0.29) is 11.0 Å². The fraction of sp³-hybridized carbons (Fsp3) is 1.00. The fourth-order valence-electron chi connectivity index (χ4n) is 2.44. The maximum Gasteiger partial charge on any atom is 0.0873 e. The van der Waals surface area contributed by atoms with E-state index in [1.807, 2.05) is 0 Å². The maximum absolute atomic E-state index is 5.93. The van der Waals surface area contributed by atoms with Crippen molar-refractivity contribution >= 4 is 0 Å². The molecule has 2 bridgehead atoms. The number of rotatable bonds is 0. The minimum atomic E-state index is 0.145. The van der Waals surface area contributed by atoms with E-state index in [1.165, 1.54) is 6.42 Å². The zero-order valence-corrected chi connectivity index (χ0v) is 8.55. The Kier molecular flexibility index (Phi) is 1.59. The lowest BCUT2D eigenvalue weighted by Gasteiger charge is -2.41. The molecule has 2 aliphatic rings. The molecule has 0 saturated carbocycles. The van der Waals surface area contributed by atoms with Gasteiger partial charge in [-0.3, -0.25) is 4.90 Å². The number of ether oxygens (including phenoxy) is 1. The van der Waals surface area contributed by atoms with Crippen molar-refractivity contribution in [1.29, 1.82) is 0 Å². The highest BCUT2D eigenvalue weighted by molar-refractivity contribution is 5.07. The summed E-state index contributed by atoms with van der Waals surface area (Å²) in [6.45, 7) is 8.91. The third-order valence-electron chi connectivity index (χ3n) is 3.61. The van der Waals surface area contributed by atoms with Crippen LogP contribution in [0.15, 0.2) is 0 Å².